The molecule has 0 aliphatic carbocycles. The first-order chi connectivity index (χ1) is 9.19. The van der Waals surface area contributed by atoms with E-state index in [1.54, 1.807) is 7.05 Å². The fraction of sp³-hybridized carbons (Fsp3) is 0.357. The summed E-state index contributed by atoms with van der Waals surface area (Å²) in [5.41, 5.74) is 2.13. The summed E-state index contributed by atoms with van der Waals surface area (Å²) in [6.45, 7) is 2.03. The van der Waals surface area contributed by atoms with E-state index in [9.17, 15) is 4.79 Å². The van der Waals surface area contributed by atoms with Gasteiger partial charge in [-0.25, -0.2) is 0 Å². The van der Waals surface area contributed by atoms with Gasteiger partial charge in [-0.3, -0.25) is 4.79 Å². The summed E-state index contributed by atoms with van der Waals surface area (Å²) < 4.78 is 5.17. The predicted molar refractivity (Wildman–Crippen MR) is 71.5 cm³/mol. The second-order valence-corrected chi connectivity index (χ2v) is 4.40. The Morgan fingerprint density at radius 1 is 1.32 bits per heavy atom. The van der Waals surface area contributed by atoms with Crippen molar-refractivity contribution < 1.29 is 9.32 Å². The lowest BCUT2D eigenvalue weighted by atomic mass is 10.1. The van der Waals surface area contributed by atoms with Crippen molar-refractivity contribution in [2.24, 2.45) is 0 Å². The molecule has 100 valence electrons. The Morgan fingerprint density at radius 2 is 2.05 bits per heavy atom. The molecule has 1 N–H and O–H groups in total. The maximum Gasteiger partial charge on any atom is 0.226 e. The first-order valence-electron chi connectivity index (χ1n) is 6.29. The fourth-order valence-electron chi connectivity index (χ4n) is 1.70. The minimum absolute atomic E-state index is 0.0262. The van der Waals surface area contributed by atoms with E-state index in [0.29, 0.717) is 31.0 Å². The summed E-state index contributed by atoms with van der Waals surface area (Å²) in [4.78, 5) is 15.4. The third kappa shape index (κ3) is 3.64. The van der Waals surface area contributed by atoms with Crippen molar-refractivity contribution in [2.45, 2.75) is 26.2 Å². The van der Waals surface area contributed by atoms with E-state index in [2.05, 4.69) is 15.5 Å². The Bertz CT molecular complexity index is 546. The Labute approximate surface area is 112 Å². The average Bonchev–Trinajstić information content (AvgIpc) is 2.88. The lowest BCUT2D eigenvalue weighted by molar-refractivity contribution is -0.120. The molecule has 2 aromatic rings. The highest BCUT2D eigenvalue weighted by Gasteiger charge is 2.08. The van der Waals surface area contributed by atoms with Gasteiger partial charge < -0.3 is 9.84 Å². The van der Waals surface area contributed by atoms with Crippen molar-refractivity contribution in [2.75, 3.05) is 7.05 Å². The number of aromatic nitrogens is 2. The molecule has 1 aromatic heterocycles. The molecule has 0 saturated heterocycles. The van der Waals surface area contributed by atoms with Gasteiger partial charge in [0.05, 0.1) is 0 Å². The van der Waals surface area contributed by atoms with Gasteiger partial charge in [0.2, 0.25) is 17.6 Å². The van der Waals surface area contributed by atoms with Gasteiger partial charge in [0.25, 0.3) is 0 Å². The van der Waals surface area contributed by atoms with Gasteiger partial charge in [-0.1, -0.05) is 35.0 Å². The summed E-state index contributed by atoms with van der Waals surface area (Å²) in [5, 5.41) is 6.53. The van der Waals surface area contributed by atoms with Crippen molar-refractivity contribution in [3.63, 3.8) is 0 Å². The molecule has 0 radical (unpaired) electrons. The molecule has 19 heavy (non-hydrogen) atoms. The van der Waals surface area contributed by atoms with Crippen molar-refractivity contribution in [1.82, 2.24) is 15.5 Å². The summed E-state index contributed by atoms with van der Waals surface area (Å²) in [6.07, 6.45) is 1.79. The monoisotopic (exact) mass is 259 g/mol. The SMILES string of the molecule is CNC(=O)CCCc1nc(-c2ccc(C)cc2)no1. The number of nitrogens with zero attached hydrogens (tertiary/aromatic N) is 2. The second kappa shape index (κ2) is 6.13. The van der Waals surface area contributed by atoms with Crippen molar-refractivity contribution in [3.8, 4) is 11.4 Å². The first kappa shape index (κ1) is 13.3. The molecule has 1 heterocycles. The Morgan fingerprint density at radius 3 is 2.74 bits per heavy atom. The molecule has 0 fully saturated rings. The van der Waals surface area contributed by atoms with E-state index in [1.165, 1.54) is 5.56 Å². The maximum absolute atomic E-state index is 11.1. The number of aryl methyl sites for hydroxylation is 2. The van der Waals surface area contributed by atoms with Crippen LogP contribution < -0.4 is 5.32 Å². The van der Waals surface area contributed by atoms with Crippen molar-refractivity contribution in [1.29, 1.82) is 0 Å². The predicted octanol–water partition coefficient (Wildman–Crippen LogP) is 2.11. The van der Waals surface area contributed by atoms with Gasteiger partial charge >= 0.3 is 0 Å². The zero-order valence-electron chi connectivity index (χ0n) is 11.1. The average molecular weight is 259 g/mol. The van der Waals surface area contributed by atoms with Gasteiger partial charge in [-0.15, -0.1) is 0 Å². The number of benzene rings is 1. The van der Waals surface area contributed by atoms with Crippen LogP contribution in [0.4, 0.5) is 0 Å². The number of rotatable bonds is 5. The number of carbonyl (C=O) groups is 1. The molecule has 0 atom stereocenters. The minimum atomic E-state index is 0.0262. The van der Waals surface area contributed by atoms with E-state index in [1.807, 2.05) is 31.2 Å². The molecule has 5 heteroatoms. The van der Waals surface area contributed by atoms with Crippen LogP contribution in [0.25, 0.3) is 11.4 Å². The van der Waals surface area contributed by atoms with E-state index in [-0.39, 0.29) is 5.91 Å². The lowest BCUT2D eigenvalue weighted by Gasteiger charge is -1.96. The Kier molecular flexibility index (Phi) is 4.28. The quantitative estimate of drug-likeness (QED) is 0.893. The molecular formula is C14H17N3O2. The summed E-state index contributed by atoms with van der Waals surface area (Å²) in [5.74, 6) is 1.19. The normalized spacial score (nSPS) is 10.4. The number of amides is 1. The van der Waals surface area contributed by atoms with E-state index < -0.39 is 0 Å². The van der Waals surface area contributed by atoms with Gasteiger partial charge in [0.15, 0.2) is 0 Å². The number of hydrogen-bond donors (Lipinski definition) is 1. The molecule has 1 amide bonds. The number of carbonyl (C=O) groups excluding carboxylic acids is 1. The van der Waals surface area contributed by atoms with Gasteiger partial charge in [0.1, 0.15) is 0 Å². The van der Waals surface area contributed by atoms with Gasteiger partial charge in [-0.05, 0) is 13.3 Å². The fourth-order valence-corrected chi connectivity index (χ4v) is 1.70. The van der Waals surface area contributed by atoms with Crippen molar-refractivity contribution >= 4 is 5.91 Å². The highest BCUT2D eigenvalue weighted by molar-refractivity contribution is 5.75. The molecule has 2 rings (SSSR count). The summed E-state index contributed by atoms with van der Waals surface area (Å²) in [6, 6.07) is 7.96. The van der Waals surface area contributed by atoms with Crippen LogP contribution in [0.15, 0.2) is 28.8 Å². The Balaban J connectivity index is 1.95. The molecule has 0 spiro atoms. The van der Waals surface area contributed by atoms with Crippen LogP contribution in [0.5, 0.6) is 0 Å². The lowest BCUT2D eigenvalue weighted by Crippen LogP contribution is -2.17. The highest BCUT2D eigenvalue weighted by Crippen LogP contribution is 2.16. The molecule has 0 saturated carbocycles. The smallest absolute Gasteiger partial charge is 0.226 e. The third-order valence-electron chi connectivity index (χ3n) is 2.85. The van der Waals surface area contributed by atoms with Crippen LogP contribution in [-0.2, 0) is 11.2 Å². The standard InChI is InChI=1S/C14H17N3O2/c1-10-6-8-11(9-7-10)14-16-13(19-17-14)5-3-4-12(18)15-2/h6-9H,3-5H2,1-2H3,(H,15,18). The van der Waals surface area contributed by atoms with Crippen LogP contribution in [0.2, 0.25) is 0 Å². The molecular weight excluding hydrogens is 242 g/mol. The summed E-state index contributed by atoms with van der Waals surface area (Å²) >= 11 is 0. The van der Waals surface area contributed by atoms with Crippen LogP contribution >= 0.6 is 0 Å². The van der Waals surface area contributed by atoms with E-state index >= 15 is 0 Å². The second-order valence-electron chi connectivity index (χ2n) is 4.40. The van der Waals surface area contributed by atoms with Crippen LogP contribution in [0.1, 0.15) is 24.3 Å². The molecule has 1 aromatic carbocycles. The minimum Gasteiger partial charge on any atom is -0.359 e. The third-order valence-corrected chi connectivity index (χ3v) is 2.85. The molecule has 5 nitrogen and oxygen atoms in total. The Hall–Kier alpha value is -2.17. The zero-order chi connectivity index (χ0) is 13.7. The molecule has 0 aliphatic heterocycles. The largest absolute Gasteiger partial charge is 0.359 e. The van der Waals surface area contributed by atoms with Crippen molar-refractivity contribution in [3.05, 3.63) is 35.7 Å². The van der Waals surface area contributed by atoms with Gasteiger partial charge in [-0.2, -0.15) is 4.98 Å². The topological polar surface area (TPSA) is 68.0 Å². The summed E-state index contributed by atoms with van der Waals surface area (Å²) in [7, 11) is 1.63. The van der Waals surface area contributed by atoms with E-state index in [0.717, 1.165) is 5.56 Å². The van der Waals surface area contributed by atoms with Gasteiger partial charge in [0, 0.05) is 25.5 Å². The number of nitrogens with one attached hydrogen (secondary N) is 1. The van der Waals surface area contributed by atoms with Crippen LogP contribution in [-0.4, -0.2) is 23.1 Å². The molecule has 0 unspecified atom stereocenters. The van der Waals surface area contributed by atoms with Crippen LogP contribution in [0.3, 0.4) is 0 Å². The molecule has 0 bridgehead atoms. The van der Waals surface area contributed by atoms with Crippen LogP contribution in [0, 0.1) is 6.92 Å². The zero-order valence-corrected chi connectivity index (χ0v) is 11.1. The first-order valence-corrected chi connectivity index (χ1v) is 6.29. The molecule has 0 aliphatic rings. The van der Waals surface area contributed by atoms with E-state index in [4.69, 9.17) is 4.52 Å². The number of hydrogen-bond acceptors (Lipinski definition) is 4. The maximum atomic E-state index is 11.1. The highest BCUT2D eigenvalue weighted by atomic mass is 16.5.